The molecular formula is C63H91N12O14P+2. The molecule has 2 fully saturated rings. The van der Waals surface area contributed by atoms with E-state index >= 15 is 0 Å². The Labute approximate surface area is 524 Å². The molecule has 7 heterocycles. The molecule has 7 aliphatic heterocycles. The molecule has 490 valence electrons. The summed E-state index contributed by atoms with van der Waals surface area (Å²) in [4.78, 5) is 121. The molecule has 7 aliphatic rings. The van der Waals surface area contributed by atoms with Crippen molar-refractivity contribution in [1.82, 2.24) is 10.6 Å². The van der Waals surface area contributed by atoms with Crippen LogP contribution in [-0.4, -0.2) is 151 Å². The van der Waals surface area contributed by atoms with Gasteiger partial charge in [0.15, 0.2) is 6.10 Å². The van der Waals surface area contributed by atoms with E-state index in [-0.39, 0.29) is 83.0 Å². The van der Waals surface area contributed by atoms with Gasteiger partial charge in [-0.15, -0.1) is 9.15 Å². The highest BCUT2D eigenvalue weighted by molar-refractivity contribution is 7.47. The number of ether oxygens (including phenoxy) is 1. The molecule has 0 radical (unpaired) electrons. The van der Waals surface area contributed by atoms with E-state index in [0.717, 1.165) is 16.8 Å². The van der Waals surface area contributed by atoms with Gasteiger partial charge in [-0.3, -0.25) is 52.8 Å². The fourth-order valence-electron chi connectivity index (χ4n) is 15.3. The van der Waals surface area contributed by atoms with Gasteiger partial charge in [-0.1, -0.05) is 34.6 Å². The number of aryl methyl sites for hydroxylation is 2. The molecule has 90 heavy (non-hydrogen) atoms. The van der Waals surface area contributed by atoms with Gasteiger partial charge in [0, 0.05) is 137 Å². The third-order valence-corrected chi connectivity index (χ3v) is 21.7. The predicted molar refractivity (Wildman–Crippen MR) is 335 cm³/mol. The van der Waals surface area contributed by atoms with E-state index in [1.54, 1.807) is 15.5 Å². The zero-order chi connectivity index (χ0) is 66.7. The summed E-state index contributed by atoms with van der Waals surface area (Å²) < 4.78 is 34.0. The molecule has 2 saturated heterocycles. The van der Waals surface area contributed by atoms with Crippen LogP contribution in [-0.2, 0) is 51.9 Å². The molecular weight excluding hydrogens is 1180 g/mol. The van der Waals surface area contributed by atoms with Gasteiger partial charge in [-0.05, 0) is 96.1 Å². The van der Waals surface area contributed by atoms with Crippen molar-refractivity contribution in [3.8, 4) is 0 Å². The molecule has 0 aliphatic carbocycles. The summed E-state index contributed by atoms with van der Waals surface area (Å²) in [6.07, 6.45) is -1.75. The number of amides is 6. The van der Waals surface area contributed by atoms with Crippen LogP contribution in [0.4, 0.5) is 11.4 Å². The summed E-state index contributed by atoms with van der Waals surface area (Å²) >= 11 is 0. The number of nitrogens with two attached hydrogens (primary N) is 5. The van der Waals surface area contributed by atoms with E-state index in [0.29, 0.717) is 45.5 Å². The first kappa shape index (κ1) is 69.0. The van der Waals surface area contributed by atoms with Crippen LogP contribution in [0.1, 0.15) is 144 Å². The van der Waals surface area contributed by atoms with E-state index < -0.39 is 137 Å². The van der Waals surface area contributed by atoms with E-state index in [1.807, 2.05) is 86.6 Å². The highest BCUT2D eigenvalue weighted by Crippen LogP contribution is 2.62. The van der Waals surface area contributed by atoms with Crippen molar-refractivity contribution < 1.29 is 76.2 Å². The highest BCUT2D eigenvalue weighted by Gasteiger charge is 2.66. The minimum Gasteiger partial charge on any atom is -0.394 e. The number of aliphatic hydroxyl groups is 2. The Bertz CT molecular complexity index is 3480. The summed E-state index contributed by atoms with van der Waals surface area (Å²) in [6, 6.07) is 2.79. The summed E-state index contributed by atoms with van der Waals surface area (Å²) in [7, 11) is -5.07. The van der Waals surface area contributed by atoms with Crippen molar-refractivity contribution in [2.45, 2.75) is 189 Å². The van der Waals surface area contributed by atoms with Crippen LogP contribution >= 0.6 is 7.82 Å². The number of ketones is 1. The van der Waals surface area contributed by atoms with Crippen LogP contribution in [0, 0.1) is 59.2 Å². The van der Waals surface area contributed by atoms with Crippen molar-refractivity contribution >= 4 is 90.6 Å². The fraction of sp³-hybridized carbons (Fsp3) is 0.619. The molecule has 8 rings (SSSR count). The lowest BCUT2D eigenvalue weighted by Gasteiger charge is -2.48. The van der Waals surface area contributed by atoms with Gasteiger partial charge in [0.25, 0.3) is 17.6 Å². The second-order valence-electron chi connectivity index (χ2n) is 27.3. The summed E-state index contributed by atoms with van der Waals surface area (Å²) in [5, 5.41) is 28.3. The standard InChI is InChI=1S/C63H89N12O14P/c1-31-21-42-43(22-32(31)2)75(30-74(42)12)58-54(84)55(44(29-76)87-58)89-90(85,86)88-34(4)28-69-52(83)19-20-60(8)39(23-49(66)80)57-63(11)62(10,27-51(68)82)38(16-18-48(65)79)53(73-63)35(5)56-61(9,26-50(67)81)37(14-13-33(3)77)41(71-56)24-45-59(6,7)36(15-17-47(64)78)40(70-45)25-46(60)72-57/h21-22,24-25,30,34,36-39,44,54-55,57-58,76,84H,12-20,23,26-29H2,1-11H3,(H11-2,64,65,66,67,68,69,70,71,72,73,78,79,80,81,82,83,85,86)/p+2/t34?,36-,37-,38-,39+,44-,54-,55-,57-,58+,60-,61+,62+,63+/m1/s1. The molecule has 8 bridgehead atoms. The van der Waals surface area contributed by atoms with Crippen molar-refractivity contribution in [2.24, 2.45) is 89.0 Å². The van der Waals surface area contributed by atoms with Gasteiger partial charge >= 0.3 is 14.2 Å². The molecule has 0 spiro atoms. The summed E-state index contributed by atoms with van der Waals surface area (Å²) in [6.45, 7) is 23.1. The summed E-state index contributed by atoms with van der Waals surface area (Å²) in [5.74, 6) is -6.48. The number of primary amides is 5. The summed E-state index contributed by atoms with van der Waals surface area (Å²) in [5.41, 5.74) is 31.3. The number of nitrogens with zero attached hydrogens (tertiary/aromatic N) is 5. The van der Waals surface area contributed by atoms with Gasteiger partial charge in [0.05, 0.1) is 30.0 Å². The molecule has 6 amide bonds. The second kappa shape index (κ2) is 25.6. The number of rotatable bonds is 26. The predicted octanol–water partition coefficient (Wildman–Crippen LogP) is 3.39. The average molecular weight is 1270 g/mol. The van der Waals surface area contributed by atoms with Gasteiger partial charge < -0.3 is 63.9 Å². The van der Waals surface area contributed by atoms with Crippen LogP contribution in [0.25, 0.3) is 0 Å². The number of fused-ring (bicyclic) bond motifs is 7. The first-order chi connectivity index (χ1) is 41.8. The lowest BCUT2D eigenvalue weighted by atomic mass is 9.55. The largest absolute Gasteiger partial charge is 0.472 e. The number of hydrogen-bond acceptors (Lipinski definition) is 17. The maximum Gasteiger partial charge on any atom is 0.472 e. The van der Waals surface area contributed by atoms with Gasteiger partial charge in [0.2, 0.25) is 35.4 Å². The van der Waals surface area contributed by atoms with Crippen molar-refractivity contribution in [2.75, 3.05) is 13.2 Å². The van der Waals surface area contributed by atoms with E-state index in [4.69, 9.17) is 57.4 Å². The Hall–Kier alpha value is -6.93. The smallest absolute Gasteiger partial charge is 0.394 e. The maximum absolute atomic E-state index is 14.3. The number of allylic oxidation sites excluding steroid dienone is 6. The Morgan fingerprint density at radius 3 is 2.03 bits per heavy atom. The number of nitrogens with one attached hydrogen (secondary N) is 2. The topological polar surface area (TPSA) is 422 Å². The molecule has 15 atom stereocenters. The van der Waals surface area contributed by atoms with Gasteiger partial charge in [-0.2, -0.15) is 0 Å². The quantitative estimate of drug-likeness (QED) is 0.0470. The Balaban J connectivity index is 1.17. The molecule has 1 aromatic carbocycles. The number of hydrogen-bond donors (Lipinski definition) is 10. The molecule has 2 unspecified atom stereocenters. The van der Waals surface area contributed by atoms with E-state index in [2.05, 4.69) is 17.4 Å². The first-order valence-corrected chi connectivity index (χ1v) is 32.2. The van der Waals surface area contributed by atoms with Crippen molar-refractivity contribution in [3.63, 3.8) is 0 Å². The van der Waals surface area contributed by atoms with Crippen LogP contribution in [0.2, 0.25) is 0 Å². The van der Waals surface area contributed by atoms with E-state index in [9.17, 15) is 53.2 Å². The zero-order valence-electron chi connectivity index (χ0n) is 53.5. The highest BCUT2D eigenvalue weighted by atomic mass is 31.2. The Kier molecular flexibility index (Phi) is 19.6. The first-order valence-electron chi connectivity index (χ1n) is 30.7. The number of carbonyl (C=O) groups excluding carboxylic acids is 7. The van der Waals surface area contributed by atoms with Gasteiger partial charge in [-0.25, -0.2) is 4.57 Å². The van der Waals surface area contributed by atoms with Crippen LogP contribution in [0.3, 0.4) is 0 Å². The number of phosphoric acid groups is 1. The van der Waals surface area contributed by atoms with Crippen molar-refractivity contribution in [1.29, 1.82) is 0 Å². The number of phosphoric ester groups is 1. The fourth-order valence-corrected chi connectivity index (χ4v) is 16.4. The van der Waals surface area contributed by atoms with Crippen molar-refractivity contribution in [3.05, 3.63) is 58.1 Å². The molecule has 27 heteroatoms. The monoisotopic (exact) mass is 1270 g/mol. The van der Waals surface area contributed by atoms with Crippen LogP contribution in [0.5, 0.6) is 0 Å². The lowest BCUT2D eigenvalue weighted by Crippen LogP contribution is -2.56. The number of carbonyl (C=O) groups is 7. The average Bonchev–Trinajstić information content (AvgIpc) is 1.53. The Morgan fingerprint density at radius 1 is 0.833 bits per heavy atom. The normalized spacial score (nSPS) is 32.4. The van der Waals surface area contributed by atoms with Crippen LogP contribution < -0.4 is 39.3 Å². The van der Waals surface area contributed by atoms with E-state index in [1.165, 1.54) is 13.8 Å². The molecule has 26 nitrogen and oxygen atoms in total. The molecule has 0 aromatic heterocycles. The second-order valence-corrected chi connectivity index (χ2v) is 28.6. The number of aliphatic imine (C=N–C) groups is 3. The SMILES string of the molecule is C=[N+]1C=[N+]([C@H]2O[C@H](CO)[C@@H](OP(=O)(O)OC(C)CNC(=O)CC[C@@]3(C)C4=N[C@H]([C@@H]3CC(N)=O)[C@]3(C)N=C(C(C)=C5N=C(C=C6NC(=C4)[C@@H](CCC(N)=O)C6(C)C)[C@@H](CCC(C)=O)[C@]5(C)CC(N)=O)[C@@H](CCC(N)=O)[C@]3(C)CC(N)=O)[C@H]2O)c2cc(C)c(C)cc21. The minimum absolute atomic E-state index is 0.00544. The minimum atomic E-state index is -5.07. The molecule has 15 N–H and O–H groups in total. The number of benzene rings is 1. The van der Waals surface area contributed by atoms with Crippen LogP contribution in [0.15, 0.2) is 61.9 Å². The zero-order valence-corrected chi connectivity index (χ0v) is 54.4. The number of aliphatic hydroxyl groups excluding tert-OH is 2. The molecule has 0 saturated carbocycles. The Morgan fingerprint density at radius 2 is 1.44 bits per heavy atom. The maximum atomic E-state index is 14.3. The third-order valence-electron chi connectivity index (χ3n) is 20.6. The third kappa shape index (κ3) is 13.1. The van der Waals surface area contributed by atoms with Gasteiger partial charge in [0.1, 0.15) is 24.7 Å². The lowest BCUT2D eigenvalue weighted by molar-refractivity contribution is -0.556. The molecule has 1 aromatic rings. The number of Topliss-reactive ketones (excluding diaryl/α,β-unsaturated/α-hetero) is 1.